The number of carboxylic acid groups (broad SMARTS) is 1. The van der Waals surface area contributed by atoms with Crippen molar-refractivity contribution >= 4 is 11.9 Å². The smallest absolute Gasteiger partial charge is 0.330 e. The van der Waals surface area contributed by atoms with E-state index in [0.717, 1.165) is 12.8 Å². The predicted octanol–water partition coefficient (Wildman–Crippen LogP) is 10.6. The molecule has 36 heavy (non-hydrogen) atoms. The maximum atomic E-state index is 11.8. The molecule has 0 aromatic carbocycles. The molecule has 4 nitrogen and oxygen atoms in total. The third-order valence-corrected chi connectivity index (χ3v) is 6.61. The van der Waals surface area contributed by atoms with Crippen LogP contribution in [0.15, 0.2) is 12.2 Å². The van der Waals surface area contributed by atoms with Crippen molar-refractivity contribution in [3.8, 4) is 0 Å². The molecule has 0 radical (unpaired) electrons. The van der Waals surface area contributed by atoms with Crippen molar-refractivity contribution in [1.82, 2.24) is 0 Å². The van der Waals surface area contributed by atoms with E-state index in [1.54, 1.807) is 0 Å². The number of aliphatic carboxylic acids is 1. The van der Waals surface area contributed by atoms with E-state index in [4.69, 9.17) is 9.84 Å². The summed E-state index contributed by atoms with van der Waals surface area (Å²) in [5.74, 6) is -0.913. The van der Waals surface area contributed by atoms with Crippen LogP contribution in [-0.2, 0) is 14.3 Å². The Kier molecular flexibility index (Phi) is 32.4. The summed E-state index contributed by atoms with van der Waals surface area (Å²) in [6.45, 7) is 9.79. The summed E-state index contributed by atoms with van der Waals surface area (Å²) >= 11 is 0. The molecule has 0 aromatic rings. The average Bonchev–Trinajstić information content (AvgIpc) is 2.85. The molecule has 214 valence electrons. The first-order valence-electron chi connectivity index (χ1n) is 15.5. The minimum absolute atomic E-state index is 0.0222. The van der Waals surface area contributed by atoms with Gasteiger partial charge < -0.3 is 9.84 Å². The van der Waals surface area contributed by atoms with Crippen LogP contribution in [0.3, 0.4) is 0 Å². The molecule has 1 N–H and O–H groups in total. The third-order valence-electron chi connectivity index (χ3n) is 6.61. The Balaban J connectivity index is 0. The van der Waals surface area contributed by atoms with Crippen LogP contribution in [0, 0.1) is 0 Å². The van der Waals surface area contributed by atoms with Crippen LogP contribution in [0.1, 0.15) is 175 Å². The Morgan fingerprint density at radius 1 is 0.556 bits per heavy atom. The molecule has 0 fully saturated rings. The van der Waals surface area contributed by atoms with E-state index in [2.05, 4.69) is 20.4 Å². The predicted molar refractivity (Wildman–Crippen MR) is 156 cm³/mol. The molecule has 0 rings (SSSR count). The Morgan fingerprint density at radius 2 is 0.833 bits per heavy atom. The zero-order valence-electron chi connectivity index (χ0n) is 24.6. The van der Waals surface area contributed by atoms with Crippen LogP contribution < -0.4 is 0 Å². The highest BCUT2D eigenvalue weighted by atomic mass is 16.5. The molecule has 0 aliphatic heterocycles. The number of hydrogen-bond acceptors (Lipinski definition) is 3. The number of carbonyl (C=O) groups excluding carboxylic acids is 1. The number of ether oxygens (including phenoxy) is 1. The molecule has 0 heterocycles. The van der Waals surface area contributed by atoms with Gasteiger partial charge in [0, 0.05) is 12.0 Å². The second kappa shape index (κ2) is 31.7. The summed E-state index contributed by atoms with van der Waals surface area (Å²) in [5, 5.41) is 7.89. The lowest BCUT2D eigenvalue weighted by Crippen LogP contribution is -2.05. The monoisotopic (exact) mass is 510 g/mol. The van der Waals surface area contributed by atoms with Gasteiger partial charge in [0.05, 0.1) is 6.61 Å². The zero-order valence-corrected chi connectivity index (χ0v) is 24.6. The van der Waals surface area contributed by atoms with Gasteiger partial charge in [-0.2, -0.15) is 0 Å². The lowest BCUT2D eigenvalue weighted by Gasteiger charge is -2.06. The van der Waals surface area contributed by atoms with Crippen molar-refractivity contribution in [3.63, 3.8) is 0 Å². The lowest BCUT2D eigenvalue weighted by molar-refractivity contribution is -0.144. The molecule has 0 unspecified atom stereocenters. The topological polar surface area (TPSA) is 63.6 Å². The highest BCUT2D eigenvalue weighted by molar-refractivity contribution is 5.84. The SMILES string of the molecule is C=C(C)C(=O)O.CCCCCCCCCCCCCCOC(=O)CCCCCCCCCCCCC. The van der Waals surface area contributed by atoms with E-state index >= 15 is 0 Å². The minimum Gasteiger partial charge on any atom is -0.478 e. The van der Waals surface area contributed by atoms with Crippen LogP contribution >= 0.6 is 0 Å². The highest BCUT2D eigenvalue weighted by Crippen LogP contribution is 2.13. The van der Waals surface area contributed by atoms with Crippen molar-refractivity contribution in [3.05, 3.63) is 12.2 Å². The summed E-state index contributed by atoms with van der Waals surface area (Å²) < 4.78 is 5.39. The Labute approximate surface area is 225 Å². The standard InChI is InChI=1S/C28H56O2.C4H6O2/c1-3-5-7-9-11-13-15-17-19-21-23-25-27-30-28(29)26-24-22-20-18-16-14-12-10-8-6-4-2;1-3(2)4(5)6/h3-27H2,1-2H3;1H2,2H3,(H,5,6). The van der Waals surface area contributed by atoms with Gasteiger partial charge in [-0.25, -0.2) is 4.79 Å². The number of esters is 1. The van der Waals surface area contributed by atoms with E-state index in [1.807, 2.05) is 0 Å². The number of carbonyl (C=O) groups is 2. The Bertz CT molecular complexity index is 475. The van der Waals surface area contributed by atoms with Crippen molar-refractivity contribution in [1.29, 1.82) is 0 Å². The molecule has 0 spiro atoms. The fourth-order valence-corrected chi connectivity index (χ4v) is 4.13. The van der Waals surface area contributed by atoms with Crippen molar-refractivity contribution in [2.45, 2.75) is 175 Å². The molecule has 0 saturated carbocycles. The summed E-state index contributed by atoms with van der Waals surface area (Å²) in [7, 11) is 0. The van der Waals surface area contributed by atoms with E-state index in [9.17, 15) is 9.59 Å². The lowest BCUT2D eigenvalue weighted by atomic mass is 10.1. The summed E-state index contributed by atoms with van der Waals surface area (Å²) in [6.07, 6.45) is 31.3. The second-order valence-corrected chi connectivity index (χ2v) is 10.5. The first-order chi connectivity index (χ1) is 17.5. The third kappa shape index (κ3) is 34.8. The minimum atomic E-state index is -0.935. The fourth-order valence-electron chi connectivity index (χ4n) is 4.13. The largest absolute Gasteiger partial charge is 0.478 e. The molecule has 0 amide bonds. The molecule has 0 saturated heterocycles. The van der Waals surface area contributed by atoms with Crippen LogP contribution in [-0.4, -0.2) is 23.7 Å². The zero-order chi connectivity index (χ0) is 27.1. The first-order valence-corrected chi connectivity index (χ1v) is 15.5. The molecule has 0 atom stereocenters. The van der Waals surface area contributed by atoms with Gasteiger partial charge in [-0.15, -0.1) is 0 Å². The van der Waals surface area contributed by atoms with Crippen molar-refractivity contribution < 1.29 is 19.4 Å². The maximum absolute atomic E-state index is 11.8. The molecular formula is C32H62O4. The first kappa shape index (κ1) is 36.8. The second-order valence-electron chi connectivity index (χ2n) is 10.5. The van der Waals surface area contributed by atoms with E-state index < -0.39 is 5.97 Å². The fraction of sp³-hybridized carbons (Fsp3) is 0.875. The summed E-state index contributed by atoms with van der Waals surface area (Å²) in [6, 6.07) is 0. The maximum Gasteiger partial charge on any atom is 0.330 e. The molecule has 0 aliphatic carbocycles. The van der Waals surface area contributed by atoms with Gasteiger partial charge in [0.1, 0.15) is 0 Å². The molecule has 4 heteroatoms. The van der Waals surface area contributed by atoms with E-state index in [1.165, 1.54) is 142 Å². The summed E-state index contributed by atoms with van der Waals surface area (Å²) in [4.78, 5) is 21.4. The Hall–Kier alpha value is -1.32. The van der Waals surface area contributed by atoms with Gasteiger partial charge in [-0.3, -0.25) is 4.79 Å². The van der Waals surface area contributed by atoms with E-state index in [-0.39, 0.29) is 11.5 Å². The molecule has 0 aliphatic rings. The van der Waals surface area contributed by atoms with Crippen LogP contribution in [0.5, 0.6) is 0 Å². The number of hydrogen-bond donors (Lipinski definition) is 1. The normalized spacial score (nSPS) is 10.5. The van der Waals surface area contributed by atoms with Gasteiger partial charge in [0.15, 0.2) is 0 Å². The summed E-state index contributed by atoms with van der Waals surface area (Å²) in [5.41, 5.74) is 0.176. The average molecular weight is 511 g/mol. The van der Waals surface area contributed by atoms with Crippen molar-refractivity contribution in [2.75, 3.05) is 6.61 Å². The molecule has 0 bridgehead atoms. The van der Waals surface area contributed by atoms with E-state index in [0.29, 0.717) is 13.0 Å². The van der Waals surface area contributed by atoms with Gasteiger partial charge in [0.25, 0.3) is 0 Å². The van der Waals surface area contributed by atoms with Crippen LogP contribution in [0.25, 0.3) is 0 Å². The van der Waals surface area contributed by atoms with Crippen LogP contribution in [0.4, 0.5) is 0 Å². The number of rotatable bonds is 26. The number of carboxylic acids is 1. The van der Waals surface area contributed by atoms with Crippen molar-refractivity contribution in [2.24, 2.45) is 0 Å². The van der Waals surface area contributed by atoms with Gasteiger partial charge >= 0.3 is 11.9 Å². The van der Waals surface area contributed by atoms with Gasteiger partial charge in [-0.05, 0) is 19.8 Å². The number of unbranched alkanes of at least 4 members (excludes halogenated alkanes) is 21. The molecular weight excluding hydrogens is 448 g/mol. The molecule has 0 aromatic heterocycles. The quantitative estimate of drug-likeness (QED) is 0.0714. The highest BCUT2D eigenvalue weighted by Gasteiger charge is 2.02. The van der Waals surface area contributed by atoms with Gasteiger partial charge in [-0.1, -0.05) is 155 Å². The van der Waals surface area contributed by atoms with Gasteiger partial charge in [0.2, 0.25) is 0 Å². The Morgan fingerprint density at radius 3 is 1.14 bits per heavy atom. The van der Waals surface area contributed by atoms with Crippen LogP contribution in [0.2, 0.25) is 0 Å².